The molecule has 0 aliphatic rings. The third-order valence-corrected chi connectivity index (χ3v) is 11.8. The number of benzene rings is 11. The first-order chi connectivity index (χ1) is 29.3. The van der Waals surface area contributed by atoms with Crippen LogP contribution < -0.4 is 4.90 Å². The van der Waals surface area contributed by atoms with Crippen LogP contribution in [0.3, 0.4) is 0 Å². The van der Waals surface area contributed by atoms with E-state index < -0.39 is 0 Å². The highest BCUT2D eigenvalue weighted by Crippen LogP contribution is 2.47. The number of rotatable bonds is 7. The van der Waals surface area contributed by atoms with Gasteiger partial charge in [-0.25, -0.2) is 0 Å². The fourth-order valence-corrected chi connectivity index (χ4v) is 9.11. The summed E-state index contributed by atoms with van der Waals surface area (Å²) in [4.78, 5) is 2.45. The Hall–Kier alpha value is -7.74. The molecule has 0 aromatic heterocycles. The minimum Gasteiger partial charge on any atom is -0.310 e. The SMILES string of the molecule is c1ccc(-c2cccc(N(c3cccc(-c4ccccc4-c4ccccc4)c3)c3ccccc3-c3cc4ccc5ccc6ccccc6c5c4c4ccccc34)c2)cc1. The van der Waals surface area contributed by atoms with Crippen molar-refractivity contribution in [1.82, 2.24) is 0 Å². The third-order valence-electron chi connectivity index (χ3n) is 11.8. The maximum absolute atomic E-state index is 2.45. The zero-order valence-corrected chi connectivity index (χ0v) is 32.5. The smallest absolute Gasteiger partial charge is 0.0540 e. The molecule has 276 valence electrons. The summed E-state index contributed by atoms with van der Waals surface area (Å²) < 4.78 is 0. The Morgan fingerprint density at radius 3 is 1.47 bits per heavy atom. The summed E-state index contributed by atoms with van der Waals surface area (Å²) in [7, 11) is 0. The Kier molecular flexibility index (Phi) is 8.56. The first-order valence-corrected chi connectivity index (χ1v) is 20.3. The molecule has 11 rings (SSSR count). The van der Waals surface area contributed by atoms with Gasteiger partial charge in [-0.3, -0.25) is 0 Å². The Balaban J connectivity index is 1.16. The molecule has 0 amide bonds. The topological polar surface area (TPSA) is 3.24 Å². The van der Waals surface area contributed by atoms with Crippen LogP contribution in [0.4, 0.5) is 17.1 Å². The summed E-state index contributed by atoms with van der Waals surface area (Å²) in [6.07, 6.45) is 0. The summed E-state index contributed by atoms with van der Waals surface area (Å²) in [6.45, 7) is 0. The standard InChI is InChI=1S/C58H39N/c1-3-17-40(18-4-1)44-22-15-24-47(37-44)59(48-25-16-23-45(38-48)50-27-10-9-26-49(50)41-19-5-2-6-20-41)56-32-14-13-30-53(56)55-39-46-36-35-43-34-33-42-21-7-8-28-51(42)57(43)58(46)54-31-12-11-29-52(54)55/h1-39H. The quantitative estimate of drug-likeness (QED) is 0.147. The monoisotopic (exact) mass is 749 g/mol. The van der Waals surface area contributed by atoms with Gasteiger partial charge in [-0.05, 0) is 118 Å². The number of hydrogen-bond acceptors (Lipinski definition) is 1. The summed E-state index contributed by atoms with van der Waals surface area (Å²) in [5.74, 6) is 0. The molecule has 0 N–H and O–H groups in total. The molecule has 0 aliphatic heterocycles. The molecule has 0 saturated heterocycles. The molecule has 0 unspecified atom stereocenters. The molecule has 59 heavy (non-hydrogen) atoms. The maximum atomic E-state index is 2.45. The molecule has 0 aliphatic carbocycles. The van der Waals surface area contributed by atoms with E-state index in [4.69, 9.17) is 0 Å². The van der Waals surface area contributed by atoms with Gasteiger partial charge in [-0.15, -0.1) is 0 Å². The first-order valence-electron chi connectivity index (χ1n) is 20.3. The van der Waals surface area contributed by atoms with Crippen molar-refractivity contribution in [2.75, 3.05) is 4.90 Å². The molecule has 0 radical (unpaired) electrons. The number of hydrogen-bond donors (Lipinski definition) is 0. The zero-order valence-electron chi connectivity index (χ0n) is 32.5. The minimum atomic E-state index is 1.09. The lowest BCUT2D eigenvalue weighted by Crippen LogP contribution is -2.11. The Bertz CT molecular complexity index is 3330. The Morgan fingerprint density at radius 2 is 0.729 bits per heavy atom. The molecule has 0 heterocycles. The van der Waals surface area contributed by atoms with Crippen molar-refractivity contribution in [3.63, 3.8) is 0 Å². The molecule has 11 aromatic carbocycles. The van der Waals surface area contributed by atoms with Gasteiger partial charge in [0.1, 0.15) is 0 Å². The predicted octanol–water partition coefficient (Wildman–Crippen LogP) is 16.4. The molecule has 0 spiro atoms. The van der Waals surface area contributed by atoms with E-state index in [1.807, 2.05) is 0 Å². The fourth-order valence-electron chi connectivity index (χ4n) is 9.11. The normalized spacial score (nSPS) is 11.4. The van der Waals surface area contributed by atoms with Crippen molar-refractivity contribution >= 4 is 60.2 Å². The van der Waals surface area contributed by atoms with Gasteiger partial charge in [0.15, 0.2) is 0 Å². The van der Waals surface area contributed by atoms with Gasteiger partial charge < -0.3 is 4.90 Å². The predicted molar refractivity (Wildman–Crippen MR) is 253 cm³/mol. The van der Waals surface area contributed by atoms with E-state index in [1.165, 1.54) is 87.6 Å². The van der Waals surface area contributed by atoms with Crippen LogP contribution >= 0.6 is 0 Å². The molecule has 0 bridgehead atoms. The van der Waals surface area contributed by atoms with E-state index in [1.54, 1.807) is 0 Å². The third kappa shape index (κ3) is 6.12. The average Bonchev–Trinajstić information content (AvgIpc) is 3.32. The van der Waals surface area contributed by atoms with Gasteiger partial charge in [-0.2, -0.15) is 0 Å². The van der Waals surface area contributed by atoms with Crippen molar-refractivity contribution in [3.05, 3.63) is 237 Å². The summed E-state index contributed by atoms with van der Waals surface area (Å²) in [5, 5.41) is 10.1. The first kappa shape index (κ1) is 34.5. The fraction of sp³-hybridized carbons (Fsp3) is 0. The highest BCUT2D eigenvalue weighted by Gasteiger charge is 2.21. The van der Waals surface area contributed by atoms with Crippen LogP contribution in [0.2, 0.25) is 0 Å². The van der Waals surface area contributed by atoms with Gasteiger partial charge in [0.05, 0.1) is 5.69 Å². The van der Waals surface area contributed by atoms with Gasteiger partial charge in [0.25, 0.3) is 0 Å². The number of para-hydroxylation sites is 1. The van der Waals surface area contributed by atoms with E-state index in [0.29, 0.717) is 0 Å². The lowest BCUT2D eigenvalue weighted by atomic mass is 9.88. The van der Waals surface area contributed by atoms with Crippen LogP contribution in [-0.2, 0) is 0 Å². The van der Waals surface area contributed by atoms with Crippen molar-refractivity contribution in [1.29, 1.82) is 0 Å². The van der Waals surface area contributed by atoms with Crippen molar-refractivity contribution in [2.45, 2.75) is 0 Å². The van der Waals surface area contributed by atoms with Crippen LogP contribution in [0.5, 0.6) is 0 Å². The second-order valence-corrected chi connectivity index (χ2v) is 15.2. The van der Waals surface area contributed by atoms with E-state index in [2.05, 4.69) is 241 Å². The molecule has 0 fully saturated rings. The molecule has 11 aromatic rings. The molecule has 0 atom stereocenters. The van der Waals surface area contributed by atoms with Crippen LogP contribution in [0, 0.1) is 0 Å². The summed E-state index contributed by atoms with van der Waals surface area (Å²) >= 11 is 0. The van der Waals surface area contributed by atoms with Crippen molar-refractivity contribution < 1.29 is 0 Å². The van der Waals surface area contributed by atoms with Gasteiger partial charge >= 0.3 is 0 Å². The highest BCUT2D eigenvalue weighted by atomic mass is 15.1. The largest absolute Gasteiger partial charge is 0.310 e. The zero-order chi connectivity index (χ0) is 39.1. The second-order valence-electron chi connectivity index (χ2n) is 15.2. The molecule has 1 nitrogen and oxygen atoms in total. The molecular weight excluding hydrogens is 711 g/mol. The van der Waals surface area contributed by atoms with E-state index in [0.717, 1.165) is 17.1 Å². The van der Waals surface area contributed by atoms with Gasteiger partial charge in [-0.1, -0.05) is 200 Å². The average molecular weight is 750 g/mol. The molecule has 0 saturated carbocycles. The van der Waals surface area contributed by atoms with Crippen LogP contribution in [0.15, 0.2) is 237 Å². The molecular formula is C58H39N. The molecule has 1 heteroatoms. The van der Waals surface area contributed by atoms with E-state index >= 15 is 0 Å². The van der Waals surface area contributed by atoms with Crippen LogP contribution in [0.25, 0.3) is 87.6 Å². The summed E-state index contributed by atoms with van der Waals surface area (Å²) in [6, 6.07) is 86.3. The van der Waals surface area contributed by atoms with Crippen LogP contribution in [0.1, 0.15) is 0 Å². The lowest BCUT2D eigenvalue weighted by molar-refractivity contribution is 1.28. The highest BCUT2D eigenvalue weighted by molar-refractivity contribution is 6.29. The maximum Gasteiger partial charge on any atom is 0.0540 e. The Labute approximate surface area is 344 Å². The summed E-state index contributed by atoms with van der Waals surface area (Å²) in [5.41, 5.74) is 12.8. The number of anilines is 3. The number of fused-ring (bicyclic) bond motifs is 7. The van der Waals surface area contributed by atoms with Crippen molar-refractivity contribution in [3.8, 4) is 44.5 Å². The van der Waals surface area contributed by atoms with E-state index in [-0.39, 0.29) is 0 Å². The van der Waals surface area contributed by atoms with Crippen LogP contribution in [-0.4, -0.2) is 0 Å². The van der Waals surface area contributed by atoms with Gasteiger partial charge in [0, 0.05) is 16.9 Å². The van der Waals surface area contributed by atoms with Crippen molar-refractivity contribution in [2.24, 2.45) is 0 Å². The number of nitrogens with zero attached hydrogens (tertiary/aromatic N) is 1. The van der Waals surface area contributed by atoms with E-state index in [9.17, 15) is 0 Å². The minimum absolute atomic E-state index is 1.09. The Morgan fingerprint density at radius 1 is 0.237 bits per heavy atom. The van der Waals surface area contributed by atoms with Gasteiger partial charge in [0.2, 0.25) is 0 Å². The second kappa shape index (κ2) is 14.6. The lowest BCUT2D eigenvalue weighted by Gasteiger charge is -2.29.